The summed E-state index contributed by atoms with van der Waals surface area (Å²) in [5.74, 6) is 0.870. The van der Waals surface area contributed by atoms with E-state index in [-0.39, 0.29) is 24.5 Å². The first kappa shape index (κ1) is 18.9. The van der Waals surface area contributed by atoms with Gasteiger partial charge in [-0.1, -0.05) is 55.0 Å². The molecule has 0 aliphatic heterocycles. The quantitative estimate of drug-likeness (QED) is 0.560. The third-order valence-corrected chi connectivity index (χ3v) is 4.86. The highest BCUT2D eigenvalue weighted by molar-refractivity contribution is 5.98. The topological polar surface area (TPSA) is 50.5 Å². The van der Waals surface area contributed by atoms with Crippen LogP contribution < -0.4 is 0 Å². The molecule has 0 N–H and O–H groups in total. The van der Waals surface area contributed by atoms with Crippen LogP contribution in [0.2, 0.25) is 0 Å². The Hall–Kier alpha value is -2.88. The fourth-order valence-corrected chi connectivity index (χ4v) is 3.23. The molecule has 0 saturated heterocycles. The first-order valence-electron chi connectivity index (χ1n) is 9.32. The summed E-state index contributed by atoms with van der Waals surface area (Å²) >= 11 is 0. The molecule has 0 unspecified atom stereocenters. The van der Waals surface area contributed by atoms with E-state index in [2.05, 4.69) is 0 Å². The van der Waals surface area contributed by atoms with Crippen LogP contribution in [0.4, 0.5) is 0 Å². The Labute approximate surface area is 159 Å². The number of benzene rings is 2. The van der Waals surface area contributed by atoms with Crippen LogP contribution in [-0.2, 0) is 17.8 Å². The Morgan fingerprint density at radius 2 is 1.70 bits per heavy atom. The third-order valence-electron chi connectivity index (χ3n) is 4.86. The van der Waals surface area contributed by atoms with E-state index in [0.29, 0.717) is 12.1 Å². The Bertz CT molecular complexity index is 953. The summed E-state index contributed by atoms with van der Waals surface area (Å²) in [4.78, 5) is 26.5. The van der Waals surface area contributed by atoms with E-state index in [0.717, 1.165) is 34.3 Å². The number of nitrogens with zero attached hydrogens (tertiary/aromatic N) is 1. The summed E-state index contributed by atoms with van der Waals surface area (Å²) < 4.78 is 5.90. The molecule has 0 aliphatic carbocycles. The highest BCUT2D eigenvalue weighted by atomic mass is 16.3. The molecule has 27 heavy (non-hydrogen) atoms. The predicted molar refractivity (Wildman–Crippen MR) is 107 cm³/mol. The molecule has 0 fully saturated rings. The van der Waals surface area contributed by atoms with E-state index in [9.17, 15) is 9.59 Å². The number of rotatable bonds is 7. The van der Waals surface area contributed by atoms with E-state index in [1.54, 1.807) is 11.9 Å². The van der Waals surface area contributed by atoms with E-state index in [4.69, 9.17) is 4.42 Å². The van der Waals surface area contributed by atoms with Crippen LogP contribution in [0.1, 0.15) is 47.0 Å². The second-order valence-electron chi connectivity index (χ2n) is 6.89. The molecule has 4 heteroatoms. The van der Waals surface area contributed by atoms with Gasteiger partial charge in [-0.25, -0.2) is 0 Å². The number of furan rings is 1. The minimum atomic E-state index is -0.0391. The lowest BCUT2D eigenvalue weighted by molar-refractivity contribution is -0.130. The summed E-state index contributed by atoms with van der Waals surface area (Å²) in [7, 11) is 1.78. The van der Waals surface area contributed by atoms with Crippen LogP contribution in [0.15, 0.2) is 52.9 Å². The fourth-order valence-electron chi connectivity index (χ4n) is 3.23. The Balaban J connectivity index is 1.64. The fraction of sp³-hybridized carbons (Fsp3) is 0.304. The van der Waals surface area contributed by atoms with Gasteiger partial charge in [0.05, 0.1) is 0 Å². The summed E-state index contributed by atoms with van der Waals surface area (Å²) in [6, 6.07) is 15.3. The zero-order valence-corrected chi connectivity index (χ0v) is 16.1. The molecule has 0 aliphatic rings. The summed E-state index contributed by atoms with van der Waals surface area (Å²) in [5.41, 5.74) is 3.67. The summed E-state index contributed by atoms with van der Waals surface area (Å²) in [5, 5.41) is 1.05. The summed E-state index contributed by atoms with van der Waals surface area (Å²) in [6.45, 7) is 4.51. The normalized spacial score (nSPS) is 10.9. The molecule has 140 valence electrons. The molecule has 1 amide bonds. The number of aryl methyl sites for hydroxylation is 2. The van der Waals surface area contributed by atoms with Crippen molar-refractivity contribution in [2.24, 2.45) is 0 Å². The van der Waals surface area contributed by atoms with Crippen molar-refractivity contribution in [2.75, 3.05) is 7.05 Å². The third kappa shape index (κ3) is 4.27. The molecule has 1 aromatic heterocycles. The van der Waals surface area contributed by atoms with Gasteiger partial charge in [0, 0.05) is 49.4 Å². The van der Waals surface area contributed by atoms with E-state index < -0.39 is 0 Å². The van der Waals surface area contributed by atoms with Gasteiger partial charge in [-0.2, -0.15) is 0 Å². The average molecular weight is 363 g/mol. The molecule has 1 heterocycles. The standard InChI is InChI=1S/C23H25NO3/c1-4-21-19(18-7-5-6-8-22(18)27-21)15-24(3)23(26)14-13-20(25)17-11-9-16(2)10-12-17/h5-12H,4,13-15H2,1-3H3. The summed E-state index contributed by atoms with van der Waals surface area (Å²) in [6.07, 6.45) is 1.21. The molecule has 0 spiro atoms. The van der Waals surface area contributed by atoms with Crippen LogP contribution in [0.5, 0.6) is 0 Å². The molecule has 2 aromatic carbocycles. The second kappa shape index (κ2) is 8.21. The molecular weight excluding hydrogens is 338 g/mol. The Morgan fingerprint density at radius 3 is 2.41 bits per heavy atom. The molecule has 0 radical (unpaired) electrons. The van der Waals surface area contributed by atoms with Gasteiger partial charge in [0.2, 0.25) is 5.91 Å². The van der Waals surface area contributed by atoms with Crippen molar-refractivity contribution in [3.63, 3.8) is 0 Å². The van der Waals surface area contributed by atoms with Crippen molar-refractivity contribution in [3.8, 4) is 0 Å². The smallest absolute Gasteiger partial charge is 0.223 e. The molecule has 0 saturated carbocycles. The molecule has 0 atom stereocenters. The van der Waals surface area contributed by atoms with Gasteiger partial charge < -0.3 is 9.32 Å². The van der Waals surface area contributed by atoms with Crippen LogP contribution >= 0.6 is 0 Å². The van der Waals surface area contributed by atoms with Gasteiger partial charge in [0.25, 0.3) is 0 Å². The maximum atomic E-state index is 12.5. The van der Waals surface area contributed by atoms with Crippen molar-refractivity contribution in [1.82, 2.24) is 4.90 Å². The lowest BCUT2D eigenvalue weighted by atomic mass is 10.0. The van der Waals surface area contributed by atoms with Gasteiger partial charge in [-0.05, 0) is 13.0 Å². The molecular formula is C23H25NO3. The zero-order chi connectivity index (χ0) is 19.4. The number of carbonyl (C=O) groups is 2. The van der Waals surface area contributed by atoms with Crippen molar-refractivity contribution in [1.29, 1.82) is 0 Å². The molecule has 0 bridgehead atoms. The first-order chi connectivity index (χ1) is 13.0. The number of Topliss-reactive ketones (excluding diaryl/α,β-unsaturated/α-hetero) is 1. The highest BCUT2D eigenvalue weighted by Gasteiger charge is 2.18. The van der Waals surface area contributed by atoms with Crippen LogP contribution in [-0.4, -0.2) is 23.6 Å². The maximum Gasteiger partial charge on any atom is 0.223 e. The van der Waals surface area contributed by atoms with Crippen LogP contribution in [0.25, 0.3) is 11.0 Å². The zero-order valence-electron chi connectivity index (χ0n) is 16.1. The minimum Gasteiger partial charge on any atom is -0.461 e. The number of ketones is 1. The Morgan fingerprint density at radius 1 is 1.00 bits per heavy atom. The van der Waals surface area contributed by atoms with E-state index >= 15 is 0 Å². The number of hydrogen-bond acceptors (Lipinski definition) is 3. The second-order valence-corrected chi connectivity index (χ2v) is 6.89. The predicted octanol–water partition coefficient (Wildman–Crippen LogP) is 4.93. The van der Waals surface area contributed by atoms with E-state index in [1.165, 1.54) is 0 Å². The monoisotopic (exact) mass is 363 g/mol. The Kier molecular flexibility index (Phi) is 5.75. The number of carbonyl (C=O) groups excluding carboxylic acids is 2. The maximum absolute atomic E-state index is 12.5. The first-order valence-corrected chi connectivity index (χ1v) is 9.32. The van der Waals surface area contributed by atoms with Gasteiger partial charge in [0.1, 0.15) is 11.3 Å². The number of para-hydroxylation sites is 1. The van der Waals surface area contributed by atoms with Crippen LogP contribution in [0, 0.1) is 6.92 Å². The van der Waals surface area contributed by atoms with Gasteiger partial charge in [-0.3, -0.25) is 9.59 Å². The van der Waals surface area contributed by atoms with Crippen molar-refractivity contribution >= 4 is 22.7 Å². The SMILES string of the molecule is CCc1oc2ccccc2c1CN(C)C(=O)CCC(=O)c1ccc(C)cc1. The van der Waals surface area contributed by atoms with E-state index in [1.807, 2.05) is 62.4 Å². The van der Waals surface area contributed by atoms with Crippen molar-refractivity contribution in [3.05, 3.63) is 71.0 Å². The average Bonchev–Trinajstić information content (AvgIpc) is 3.04. The highest BCUT2D eigenvalue weighted by Crippen LogP contribution is 2.27. The lowest BCUT2D eigenvalue weighted by Gasteiger charge is -2.17. The largest absolute Gasteiger partial charge is 0.461 e. The number of amides is 1. The van der Waals surface area contributed by atoms with Gasteiger partial charge in [0.15, 0.2) is 5.78 Å². The minimum absolute atomic E-state index is 0.000224. The number of hydrogen-bond donors (Lipinski definition) is 0. The molecule has 3 rings (SSSR count). The number of fused-ring (bicyclic) bond motifs is 1. The van der Waals surface area contributed by atoms with Crippen LogP contribution in [0.3, 0.4) is 0 Å². The van der Waals surface area contributed by atoms with Crippen molar-refractivity contribution in [2.45, 2.75) is 39.7 Å². The lowest BCUT2D eigenvalue weighted by Crippen LogP contribution is -2.26. The van der Waals surface area contributed by atoms with Gasteiger partial charge in [-0.15, -0.1) is 0 Å². The molecule has 4 nitrogen and oxygen atoms in total. The van der Waals surface area contributed by atoms with Gasteiger partial charge >= 0.3 is 0 Å². The molecule has 3 aromatic rings. The van der Waals surface area contributed by atoms with Crippen molar-refractivity contribution < 1.29 is 14.0 Å².